The predicted molar refractivity (Wildman–Crippen MR) is 118 cm³/mol. The van der Waals surface area contributed by atoms with Gasteiger partial charge in [-0.05, 0) is 49.6 Å². The Morgan fingerprint density at radius 3 is 2.77 bits per heavy atom. The summed E-state index contributed by atoms with van der Waals surface area (Å²) in [5, 5.41) is 15.4. The number of halogens is 1. The van der Waals surface area contributed by atoms with Crippen molar-refractivity contribution in [1.82, 2.24) is 15.1 Å². The number of aryl methyl sites for hydroxylation is 1. The highest BCUT2D eigenvalue weighted by atomic mass is 35.5. The summed E-state index contributed by atoms with van der Waals surface area (Å²) in [7, 11) is 0. The Kier molecular flexibility index (Phi) is 5.96. The minimum absolute atomic E-state index is 0.174. The minimum Gasteiger partial charge on any atom is -0.320 e. The van der Waals surface area contributed by atoms with Crippen LogP contribution in [0.3, 0.4) is 0 Å². The van der Waals surface area contributed by atoms with Crippen LogP contribution in [0.2, 0.25) is 5.02 Å². The summed E-state index contributed by atoms with van der Waals surface area (Å²) >= 11 is 7.16. The zero-order valence-corrected chi connectivity index (χ0v) is 17.8. The van der Waals surface area contributed by atoms with E-state index in [1.807, 2.05) is 31.2 Å². The van der Waals surface area contributed by atoms with Gasteiger partial charge in [0.05, 0.1) is 6.04 Å². The molecule has 1 aliphatic heterocycles. The predicted octanol–water partition coefficient (Wildman–Crippen LogP) is 5.12. The van der Waals surface area contributed by atoms with Gasteiger partial charge in [0.15, 0.2) is 0 Å². The molecule has 0 unspecified atom stereocenters. The number of amides is 3. The summed E-state index contributed by atoms with van der Waals surface area (Å²) in [5.41, 5.74) is 2.37. The third-order valence-electron chi connectivity index (χ3n) is 4.90. The molecule has 2 aromatic carbocycles. The third-order valence-corrected chi connectivity index (χ3v) is 6.16. The summed E-state index contributed by atoms with van der Waals surface area (Å²) < 4.78 is 0. The fourth-order valence-electron chi connectivity index (χ4n) is 3.38. The number of hydrogen-bond donors (Lipinski definition) is 2. The second-order valence-electron chi connectivity index (χ2n) is 7.01. The van der Waals surface area contributed by atoms with Crippen LogP contribution in [-0.2, 0) is 0 Å². The number of likely N-dealkylation sites (tertiary alicyclic amines) is 1. The maximum absolute atomic E-state index is 12.8. The lowest BCUT2D eigenvalue weighted by atomic mass is 10.2. The molecule has 2 heterocycles. The van der Waals surface area contributed by atoms with Gasteiger partial charge in [0.25, 0.3) is 5.91 Å². The monoisotopic (exact) mass is 441 g/mol. The molecule has 0 bridgehead atoms. The molecular formula is C21H20ClN5O2S. The lowest BCUT2D eigenvalue weighted by Crippen LogP contribution is -2.34. The largest absolute Gasteiger partial charge is 0.322 e. The van der Waals surface area contributed by atoms with E-state index >= 15 is 0 Å². The van der Waals surface area contributed by atoms with Gasteiger partial charge in [0, 0.05) is 22.9 Å². The van der Waals surface area contributed by atoms with Crippen molar-refractivity contribution in [3.05, 3.63) is 69.1 Å². The molecule has 4 rings (SSSR count). The van der Waals surface area contributed by atoms with Gasteiger partial charge in [-0.1, -0.05) is 47.2 Å². The zero-order chi connectivity index (χ0) is 21.1. The third kappa shape index (κ3) is 4.44. The Hall–Kier alpha value is -2.97. The standard InChI is InChI=1S/C21H20ClN5O2S/c1-13-6-2-3-9-16(13)24-21(29)27-11-5-10-17(27)19-25-26-20(30-19)18(28)23-15-8-4-7-14(22)12-15/h2-4,6-9,12,17H,5,10-11H2,1H3,(H,23,28)(H,24,29)/t17-/m0/s1. The lowest BCUT2D eigenvalue weighted by molar-refractivity contribution is 0.102. The molecule has 1 atom stereocenters. The zero-order valence-electron chi connectivity index (χ0n) is 16.3. The van der Waals surface area contributed by atoms with Crippen LogP contribution < -0.4 is 10.6 Å². The molecule has 1 aromatic heterocycles. The molecule has 3 amide bonds. The Balaban J connectivity index is 1.46. The van der Waals surface area contributed by atoms with Crippen LogP contribution in [0.4, 0.5) is 16.2 Å². The van der Waals surface area contributed by atoms with Crippen LogP contribution in [0.5, 0.6) is 0 Å². The van der Waals surface area contributed by atoms with E-state index in [0.29, 0.717) is 22.3 Å². The quantitative estimate of drug-likeness (QED) is 0.588. The molecule has 1 fully saturated rings. The SMILES string of the molecule is Cc1ccccc1NC(=O)N1CCC[C@H]1c1nnc(C(=O)Nc2cccc(Cl)c2)s1. The number of aromatic nitrogens is 2. The number of rotatable bonds is 4. The molecule has 1 saturated heterocycles. The van der Waals surface area contributed by atoms with Gasteiger partial charge in [-0.15, -0.1) is 10.2 Å². The Morgan fingerprint density at radius 1 is 1.13 bits per heavy atom. The summed E-state index contributed by atoms with van der Waals surface area (Å²) in [6, 6.07) is 14.2. The molecule has 2 N–H and O–H groups in total. The van der Waals surface area contributed by atoms with Gasteiger partial charge < -0.3 is 15.5 Å². The van der Waals surface area contributed by atoms with E-state index in [0.717, 1.165) is 24.1 Å². The number of carbonyl (C=O) groups excluding carboxylic acids is 2. The highest BCUT2D eigenvalue weighted by molar-refractivity contribution is 7.13. The normalized spacial score (nSPS) is 15.8. The van der Waals surface area contributed by atoms with Crippen molar-refractivity contribution in [3.8, 4) is 0 Å². The van der Waals surface area contributed by atoms with E-state index in [2.05, 4.69) is 20.8 Å². The molecule has 9 heteroatoms. The lowest BCUT2D eigenvalue weighted by Gasteiger charge is -2.23. The first-order valence-corrected chi connectivity index (χ1v) is 10.7. The average Bonchev–Trinajstić information content (AvgIpc) is 3.39. The maximum atomic E-state index is 12.8. The van der Waals surface area contributed by atoms with Crippen LogP contribution in [-0.4, -0.2) is 33.6 Å². The molecule has 3 aromatic rings. The number of anilines is 2. The number of para-hydroxylation sites is 1. The number of nitrogens with zero attached hydrogens (tertiary/aromatic N) is 3. The van der Waals surface area contributed by atoms with E-state index in [9.17, 15) is 9.59 Å². The van der Waals surface area contributed by atoms with Crippen molar-refractivity contribution < 1.29 is 9.59 Å². The van der Waals surface area contributed by atoms with E-state index in [-0.39, 0.29) is 23.0 Å². The molecule has 0 radical (unpaired) electrons. The van der Waals surface area contributed by atoms with Gasteiger partial charge in [-0.2, -0.15) is 0 Å². The Bertz CT molecular complexity index is 1090. The average molecular weight is 442 g/mol. The summed E-state index contributed by atoms with van der Waals surface area (Å²) in [4.78, 5) is 27.1. The van der Waals surface area contributed by atoms with E-state index in [4.69, 9.17) is 11.6 Å². The molecule has 0 saturated carbocycles. The van der Waals surface area contributed by atoms with Crippen LogP contribution in [0.15, 0.2) is 48.5 Å². The fraction of sp³-hybridized carbons (Fsp3) is 0.238. The van der Waals surface area contributed by atoms with Crippen LogP contribution >= 0.6 is 22.9 Å². The van der Waals surface area contributed by atoms with Crippen molar-refractivity contribution in [2.45, 2.75) is 25.8 Å². The molecular weight excluding hydrogens is 422 g/mol. The van der Waals surface area contributed by atoms with Crippen molar-refractivity contribution in [2.24, 2.45) is 0 Å². The number of urea groups is 1. The molecule has 7 nitrogen and oxygen atoms in total. The van der Waals surface area contributed by atoms with Gasteiger partial charge >= 0.3 is 6.03 Å². The highest BCUT2D eigenvalue weighted by Crippen LogP contribution is 2.34. The smallest absolute Gasteiger partial charge is 0.320 e. The first-order chi connectivity index (χ1) is 14.5. The second kappa shape index (κ2) is 8.81. The fourth-order valence-corrected chi connectivity index (χ4v) is 4.46. The van der Waals surface area contributed by atoms with Crippen LogP contribution in [0, 0.1) is 6.92 Å². The number of carbonyl (C=O) groups is 2. The van der Waals surface area contributed by atoms with Gasteiger partial charge in [0.2, 0.25) is 5.01 Å². The first-order valence-electron chi connectivity index (χ1n) is 9.55. The second-order valence-corrected chi connectivity index (χ2v) is 8.45. The number of hydrogen-bond acceptors (Lipinski definition) is 5. The van der Waals surface area contributed by atoms with E-state index in [1.165, 1.54) is 11.3 Å². The highest BCUT2D eigenvalue weighted by Gasteiger charge is 2.33. The Morgan fingerprint density at radius 2 is 1.97 bits per heavy atom. The number of nitrogens with one attached hydrogen (secondary N) is 2. The van der Waals surface area contributed by atoms with Crippen LogP contribution in [0.1, 0.15) is 39.3 Å². The van der Waals surface area contributed by atoms with Crippen molar-refractivity contribution in [1.29, 1.82) is 0 Å². The van der Waals surface area contributed by atoms with Crippen LogP contribution in [0.25, 0.3) is 0 Å². The van der Waals surface area contributed by atoms with Crippen molar-refractivity contribution in [2.75, 3.05) is 17.2 Å². The molecule has 1 aliphatic rings. The van der Waals surface area contributed by atoms with Crippen molar-refractivity contribution >= 4 is 46.3 Å². The van der Waals surface area contributed by atoms with E-state index < -0.39 is 0 Å². The summed E-state index contributed by atoms with van der Waals surface area (Å²) in [5.74, 6) is -0.352. The van der Waals surface area contributed by atoms with Gasteiger partial charge in [-0.25, -0.2) is 4.79 Å². The summed E-state index contributed by atoms with van der Waals surface area (Å²) in [6.07, 6.45) is 1.65. The van der Waals surface area contributed by atoms with E-state index in [1.54, 1.807) is 29.2 Å². The molecule has 0 spiro atoms. The first kappa shape index (κ1) is 20.3. The molecule has 154 valence electrons. The topological polar surface area (TPSA) is 87.2 Å². The van der Waals surface area contributed by atoms with Gasteiger partial charge in [-0.3, -0.25) is 4.79 Å². The number of benzene rings is 2. The minimum atomic E-state index is -0.352. The maximum Gasteiger partial charge on any atom is 0.322 e. The summed E-state index contributed by atoms with van der Waals surface area (Å²) in [6.45, 7) is 2.58. The molecule has 0 aliphatic carbocycles. The molecule has 30 heavy (non-hydrogen) atoms. The van der Waals surface area contributed by atoms with Crippen molar-refractivity contribution in [3.63, 3.8) is 0 Å². The Labute approximate surface area is 183 Å². The van der Waals surface area contributed by atoms with Gasteiger partial charge in [0.1, 0.15) is 5.01 Å².